The normalized spacial score (nSPS) is 13.5. The van der Waals surface area contributed by atoms with E-state index in [2.05, 4.69) is 314 Å². The van der Waals surface area contributed by atoms with Gasteiger partial charge in [-0.15, -0.1) is 0 Å². The van der Waals surface area contributed by atoms with Gasteiger partial charge in [-0.1, -0.05) is 215 Å². The standard InChI is InChI=1S/C78H86N4O/c1-50(2)64-29-24-30-65(51(3)4)73(64)52-31-35-69-71(39-52)81(49-80(69)60-42-58(77(14,15)53-25-20-18-21-26-53)40-59(43-60)78(16,17)54-27-22-19-23-28-54)61-41-57(76(11,12)13)44-63(47-61)83-62-33-34-66-67-45-55(74(5,6)7)32-36-68(67)82(70(66)48-62)72-46-56(37-38-79-72)75(8,9)10/h18-48,50-51H,49H2,1-17H3. The molecule has 424 valence electrons. The van der Waals surface area contributed by atoms with Gasteiger partial charge in [-0.3, -0.25) is 4.57 Å². The molecule has 10 aromatic rings. The van der Waals surface area contributed by atoms with Crippen LogP contribution in [0.15, 0.2) is 188 Å². The molecule has 0 saturated heterocycles. The van der Waals surface area contributed by atoms with Crippen LogP contribution in [0.4, 0.5) is 22.7 Å². The minimum atomic E-state index is -0.286. The van der Waals surface area contributed by atoms with E-state index in [0.29, 0.717) is 18.5 Å². The van der Waals surface area contributed by atoms with E-state index in [-0.39, 0.29) is 27.1 Å². The highest BCUT2D eigenvalue weighted by Gasteiger charge is 2.35. The van der Waals surface area contributed by atoms with Gasteiger partial charge >= 0.3 is 0 Å². The zero-order chi connectivity index (χ0) is 59.1. The fraction of sp³-hybridized carbons (Fsp3) is 0.321. The van der Waals surface area contributed by atoms with Gasteiger partial charge < -0.3 is 14.5 Å². The zero-order valence-corrected chi connectivity index (χ0v) is 52.5. The van der Waals surface area contributed by atoms with Crippen LogP contribution in [0.5, 0.6) is 11.5 Å². The van der Waals surface area contributed by atoms with Gasteiger partial charge in [-0.25, -0.2) is 4.98 Å². The lowest BCUT2D eigenvalue weighted by Crippen LogP contribution is -2.27. The molecule has 0 saturated carbocycles. The van der Waals surface area contributed by atoms with Crippen molar-refractivity contribution < 1.29 is 4.74 Å². The van der Waals surface area contributed by atoms with E-state index in [1.54, 1.807) is 0 Å². The SMILES string of the molecule is CC(C)c1cccc(C(C)C)c1-c1ccc2c(c1)N(c1cc(Oc3ccc4c5cc(C(C)(C)C)ccc5n(-c5cc(C(C)(C)C)ccn5)c4c3)cc(C(C)(C)C)c1)CN2c1cc(C(C)(C)c2ccccc2)cc(C(C)(C)c2ccccc2)c1. The van der Waals surface area contributed by atoms with Crippen LogP contribution in [0.2, 0.25) is 0 Å². The van der Waals surface area contributed by atoms with E-state index >= 15 is 0 Å². The Balaban J connectivity index is 1.10. The van der Waals surface area contributed by atoms with Crippen LogP contribution in [-0.4, -0.2) is 16.2 Å². The molecule has 11 rings (SSSR count). The molecular weight excluding hydrogens is 1010 g/mol. The Hall–Kier alpha value is -7.89. The molecule has 0 atom stereocenters. The quantitative estimate of drug-likeness (QED) is 0.122. The van der Waals surface area contributed by atoms with Crippen LogP contribution in [-0.2, 0) is 27.1 Å². The highest BCUT2D eigenvalue weighted by atomic mass is 16.5. The first-order chi connectivity index (χ1) is 39.2. The second kappa shape index (κ2) is 21.1. The summed E-state index contributed by atoms with van der Waals surface area (Å²) in [6, 6.07) is 68.4. The minimum absolute atomic E-state index is 0.0125. The molecule has 0 aliphatic carbocycles. The number of rotatable bonds is 12. The van der Waals surface area contributed by atoms with Gasteiger partial charge in [-0.05, 0) is 162 Å². The third-order valence-electron chi connectivity index (χ3n) is 17.9. The number of hydrogen-bond donors (Lipinski definition) is 0. The Kier molecular flexibility index (Phi) is 14.5. The summed E-state index contributed by atoms with van der Waals surface area (Å²) < 4.78 is 9.59. The third kappa shape index (κ3) is 10.8. The van der Waals surface area contributed by atoms with Gasteiger partial charge in [0.05, 0.1) is 22.4 Å². The van der Waals surface area contributed by atoms with Gasteiger partial charge in [0.1, 0.15) is 24.0 Å². The molecule has 0 bridgehead atoms. The van der Waals surface area contributed by atoms with Crippen LogP contribution >= 0.6 is 0 Å². The second-order valence-electron chi connectivity index (χ2n) is 28.3. The molecule has 0 N–H and O–H groups in total. The maximum atomic E-state index is 7.26. The first kappa shape index (κ1) is 56.9. The fourth-order valence-electron chi connectivity index (χ4n) is 12.4. The molecule has 3 heterocycles. The number of aromatic nitrogens is 2. The van der Waals surface area contributed by atoms with Gasteiger partial charge in [-0.2, -0.15) is 0 Å². The smallest absolute Gasteiger partial charge is 0.137 e. The number of nitrogens with zero attached hydrogens (tertiary/aromatic N) is 4. The lowest BCUT2D eigenvalue weighted by atomic mass is 9.73. The van der Waals surface area contributed by atoms with Crippen LogP contribution in [0.25, 0.3) is 38.8 Å². The number of pyridine rings is 1. The number of hydrogen-bond acceptors (Lipinski definition) is 4. The van der Waals surface area contributed by atoms with Crippen molar-refractivity contribution in [1.29, 1.82) is 0 Å². The highest BCUT2D eigenvalue weighted by molar-refractivity contribution is 6.10. The third-order valence-corrected chi connectivity index (χ3v) is 17.9. The van der Waals surface area contributed by atoms with Gasteiger partial charge in [0.25, 0.3) is 0 Å². The Morgan fingerprint density at radius 3 is 1.53 bits per heavy atom. The molecule has 0 fully saturated rings. The van der Waals surface area contributed by atoms with Crippen molar-refractivity contribution >= 4 is 44.6 Å². The van der Waals surface area contributed by atoms with Gasteiger partial charge in [0.2, 0.25) is 0 Å². The molecule has 83 heavy (non-hydrogen) atoms. The summed E-state index contributed by atoms with van der Waals surface area (Å²) >= 11 is 0. The van der Waals surface area contributed by atoms with Crippen molar-refractivity contribution in [2.45, 2.75) is 157 Å². The molecule has 0 amide bonds. The van der Waals surface area contributed by atoms with Crippen molar-refractivity contribution in [2.24, 2.45) is 0 Å². The Morgan fingerprint density at radius 1 is 0.398 bits per heavy atom. The molecule has 5 nitrogen and oxygen atoms in total. The molecule has 2 aromatic heterocycles. The van der Waals surface area contributed by atoms with Crippen molar-refractivity contribution in [1.82, 2.24) is 9.55 Å². The Bertz CT molecular complexity index is 3950. The minimum Gasteiger partial charge on any atom is -0.457 e. The van der Waals surface area contributed by atoms with E-state index in [0.717, 1.165) is 45.4 Å². The monoisotopic (exact) mass is 1090 g/mol. The second-order valence-corrected chi connectivity index (χ2v) is 28.3. The summed E-state index contributed by atoms with van der Waals surface area (Å²) in [5, 5.41) is 2.37. The van der Waals surface area contributed by atoms with E-state index < -0.39 is 0 Å². The molecule has 0 spiro atoms. The first-order valence-electron chi connectivity index (χ1n) is 30.2. The Labute approximate surface area is 496 Å². The summed E-state index contributed by atoms with van der Waals surface area (Å²) in [7, 11) is 0. The summed E-state index contributed by atoms with van der Waals surface area (Å²) in [5.41, 5.74) is 20.1. The highest BCUT2D eigenvalue weighted by Crippen LogP contribution is 2.51. The molecule has 1 aliphatic heterocycles. The fourth-order valence-corrected chi connectivity index (χ4v) is 12.4. The molecule has 0 unspecified atom stereocenters. The van der Waals surface area contributed by atoms with Crippen molar-refractivity contribution in [3.8, 4) is 28.4 Å². The predicted octanol–water partition coefficient (Wildman–Crippen LogP) is 21.7. The number of anilines is 4. The van der Waals surface area contributed by atoms with Crippen molar-refractivity contribution in [3.63, 3.8) is 0 Å². The molecule has 5 heteroatoms. The van der Waals surface area contributed by atoms with Crippen LogP contribution in [0.3, 0.4) is 0 Å². The number of fused-ring (bicyclic) bond motifs is 4. The predicted molar refractivity (Wildman–Crippen MR) is 354 cm³/mol. The summed E-state index contributed by atoms with van der Waals surface area (Å²) in [4.78, 5) is 10.1. The number of benzene rings is 8. The largest absolute Gasteiger partial charge is 0.457 e. The molecule has 0 radical (unpaired) electrons. The van der Waals surface area contributed by atoms with Crippen LogP contribution < -0.4 is 14.5 Å². The average molecular weight is 1100 g/mol. The molecular formula is C78H86N4O. The number of ether oxygens (including phenoxy) is 1. The van der Waals surface area contributed by atoms with Gasteiger partial charge in [0.15, 0.2) is 0 Å². The average Bonchev–Trinajstić information content (AvgIpc) is 2.94. The maximum Gasteiger partial charge on any atom is 0.137 e. The van der Waals surface area contributed by atoms with E-state index in [4.69, 9.17) is 9.72 Å². The van der Waals surface area contributed by atoms with E-state index in [1.807, 2.05) is 6.20 Å². The lowest BCUT2D eigenvalue weighted by molar-refractivity contribution is 0.479. The first-order valence-corrected chi connectivity index (χ1v) is 30.2. The Morgan fingerprint density at radius 2 is 0.952 bits per heavy atom. The summed E-state index contributed by atoms with van der Waals surface area (Å²) in [6.07, 6.45) is 1.95. The summed E-state index contributed by atoms with van der Waals surface area (Å²) in [5.74, 6) is 3.15. The van der Waals surface area contributed by atoms with Gasteiger partial charge in [0, 0.05) is 51.3 Å². The van der Waals surface area contributed by atoms with Crippen LogP contribution in [0, 0.1) is 0 Å². The maximum absolute atomic E-state index is 7.26. The van der Waals surface area contributed by atoms with E-state index in [9.17, 15) is 0 Å². The zero-order valence-electron chi connectivity index (χ0n) is 52.5. The topological polar surface area (TPSA) is 33.5 Å². The van der Waals surface area contributed by atoms with E-state index in [1.165, 1.54) is 77.7 Å². The van der Waals surface area contributed by atoms with Crippen LogP contribution in [0.1, 0.15) is 180 Å². The van der Waals surface area contributed by atoms with Crippen molar-refractivity contribution in [3.05, 3.63) is 238 Å². The van der Waals surface area contributed by atoms with Crippen molar-refractivity contribution in [2.75, 3.05) is 16.5 Å². The lowest BCUT2D eigenvalue weighted by Gasteiger charge is -2.33. The molecule has 1 aliphatic rings. The summed E-state index contributed by atoms with van der Waals surface area (Å²) in [6.45, 7) is 39.9. The molecule has 8 aromatic carbocycles.